The standard InChI is InChI=1S/C20H13ClF4N4O3/c1-9(4-16(30)31)10-2-3-12(14(22)5-10)17-27-19(32-28-17)15-8-29-7-11(20(23,24)25)6-13(21)18(29)26-15/h2-3,5-9H,4H2,1H3,(H,30,31). The molecule has 12 heteroatoms. The summed E-state index contributed by atoms with van der Waals surface area (Å²) < 4.78 is 59.8. The van der Waals surface area contributed by atoms with Crippen LogP contribution in [0.1, 0.15) is 30.4 Å². The minimum absolute atomic E-state index is 0.00688. The molecule has 0 saturated heterocycles. The normalized spacial score (nSPS) is 12.9. The number of aromatic nitrogens is 4. The van der Waals surface area contributed by atoms with E-state index in [2.05, 4.69) is 15.1 Å². The van der Waals surface area contributed by atoms with Crippen molar-refractivity contribution in [2.45, 2.75) is 25.4 Å². The van der Waals surface area contributed by atoms with Crippen LogP contribution in [0.25, 0.3) is 28.6 Å². The third-order valence-corrected chi connectivity index (χ3v) is 5.04. The second kappa shape index (κ2) is 7.90. The van der Waals surface area contributed by atoms with Gasteiger partial charge in [-0.3, -0.25) is 4.79 Å². The van der Waals surface area contributed by atoms with E-state index >= 15 is 0 Å². The summed E-state index contributed by atoms with van der Waals surface area (Å²) >= 11 is 5.93. The summed E-state index contributed by atoms with van der Waals surface area (Å²) in [4.78, 5) is 19.0. The van der Waals surface area contributed by atoms with Crippen LogP contribution in [0.5, 0.6) is 0 Å². The summed E-state index contributed by atoms with van der Waals surface area (Å²) in [5.41, 5.74) is -0.348. The van der Waals surface area contributed by atoms with E-state index in [-0.39, 0.29) is 40.1 Å². The number of benzene rings is 1. The fraction of sp³-hybridized carbons (Fsp3) is 0.200. The first-order chi connectivity index (χ1) is 15.0. The van der Waals surface area contributed by atoms with Crippen LogP contribution in [0, 0.1) is 5.82 Å². The van der Waals surface area contributed by atoms with Crippen LogP contribution in [0.4, 0.5) is 17.6 Å². The number of fused-ring (bicyclic) bond motifs is 1. The molecule has 0 aliphatic heterocycles. The average Bonchev–Trinajstić information content (AvgIpc) is 3.33. The number of hydrogen-bond donors (Lipinski definition) is 1. The lowest BCUT2D eigenvalue weighted by atomic mass is 9.96. The summed E-state index contributed by atoms with van der Waals surface area (Å²) in [5, 5.41) is 12.4. The summed E-state index contributed by atoms with van der Waals surface area (Å²) in [6.07, 6.45) is -2.68. The van der Waals surface area contributed by atoms with Crippen molar-refractivity contribution in [3.8, 4) is 23.0 Å². The number of nitrogens with zero attached hydrogens (tertiary/aromatic N) is 4. The van der Waals surface area contributed by atoms with Crippen molar-refractivity contribution in [3.05, 3.63) is 58.6 Å². The number of hydrogen-bond acceptors (Lipinski definition) is 5. The second-order valence-corrected chi connectivity index (χ2v) is 7.50. The molecule has 1 aromatic carbocycles. The van der Waals surface area contributed by atoms with Crippen molar-refractivity contribution < 1.29 is 32.0 Å². The van der Waals surface area contributed by atoms with Gasteiger partial charge in [0.2, 0.25) is 5.82 Å². The quantitative estimate of drug-likeness (QED) is 0.392. The molecule has 7 nitrogen and oxygen atoms in total. The Kier molecular flexibility index (Phi) is 5.37. The van der Waals surface area contributed by atoms with Gasteiger partial charge in [0, 0.05) is 12.4 Å². The molecule has 0 fully saturated rings. The molecule has 166 valence electrons. The first-order valence-corrected chi connectivity index (χ1v) is 9.52. The summed E-state index contributed by atoms with van der Waals surface area (Å²) in [6.45, 7) is 1.66. The van der Waals surface area contributed by atoms with Crippen LogP contribution >= 0.6 is 11.6 Å². The smallest absolute Gasteiger partial charge is 0.417 e. The molecule has 0 bridgehead atoms. The molecule has 0 saturated carbocycles. The fourth-order valence-electron chi connectivity index (χ4n) is 3.15. The van der Waals surface area contributed by atoms with Gasteiger partial charge in [-0.1, -0.05) is 29.7 Å². The van der Waals surface area contributed by atoms with E-state index in [1.54, 1.807) is 13.0 Å². The van der Waals surface area contributed by atoms with Crippen molar-refractivity contribution in [1.82, 2.24) is 19.5 Å². The number of carboxylic acid groups (broad SMARTS) is 1. The highest BCUT2D eigenvalue weighted by molar-refractivity contribution is 6.33. The van der Waals surface area contributed by atoms with Crippen molar-refractivity contribution in [2.24, 2.45) is 0 Å². The van der Waals surface area contributed by atoms with Crippen molar-refractivity contribution in [1.29, 1.82) is 0 Å². The molecule has 3 heterocycles. The van der Waals surface area contributed by atoms with E-state index in [9.17, 15) is 22.4 Å². The number of pyridine rings is 1. The van der Waals surface area contributed by atoms with Gasteiger partial charge in [0.05, 0.1) is 22.6 Å². The highest BCUT2D eigenvalue weighted by atomic mass is 35.5. The molecular weight excluding hydrogens is 456 g/mol. The minimum Gasteiger partial charge on any atom is -0.481 e. The molecule has 0 radical (unpaired) electrons. The number of aliphatic carboxylic acids is 1. The Morgan fingerprint density at radius 3 is 2.66 bits per heavy atom. The maximum atomic E-state index is 14.6. The Labute approximate surface area is 182 Å². The van der Waals surface area contributed by atoms with Gasteiger partial charge in [0.1, 0.15) is 11.5 Å². The van der Waals surface area contributed by atoms with Crippen LogP contribution in [0.3, 0.4) is 0 Å². The van der Waals surface area contributed by atoms with Gasteiger partial charge < -0.3 is 14.0 Å². The maximum absolute atomic E-state index is 14.6. The number of halogens is 5. The molecule has 32 heavy (non-hydrogen) atoms. The van der Waals surface area contributed by atoms with E-state index in [1.165, 1.54) is 18.3 Å². The van der Waals surface area contributed by atoms with Crippen molar-refractivity contribution in [2.75, 3.05) is 0 Å². The number of imidazole rings is 1. The molecule has 0 aliphatic rings. The summed E-state index contributed by atoms with van der Waals surface area (Å²) in [7, 11) is 0. The fourth-order valence-corrected chi connectivity index (χ4v) is 3.41. The molecule has 4 rings (SSSR count). The predicted octanol–water partition coefficient (Wildman–Crippen LogP) is 5.44. The van der Waals surface area contributed by atoms with E-state index in [1.807, 2.05) is 0 Å². The lowest BCUT2D eigenvalue weighted by molar-refractivity contribution is -0.138. The molecule has 4 aromatic rings. The third kappa shape index (κ3) is 4.15. The zero-order valence-electron chi connectivity index (χ0n) is 16.2. The lowest BCUT2D eigenvalue weighted by Crippen LogP contribution is -2.06. The number of rotatable bonds is 5. The molecule has 1 N–H and O–H groups in total. The Balaban J connectivity index is 1.66. The minimum atomic E-state index is -4.59. The van der Waals surface area contributed by atoms with Crippen LogP contribution < -0.4 is 0 Å². The summed E-state index contributed by atoms with van der Waals surface area (Å²) in [6, 6.07) is 4.91. The first-order valence-electron chi connectivity index (χ1n) is 9.14. The van der Waals surface area contributed by atoms with Crippen LogP contribution in [-0.4, -0.2) is 30.6 Å². The molecular formula is C20H13ClF4N4O3. The molecule has 0 amide bonds. The molecule has 1 unspecified atom stereocenters. The van der Waals surface area contributed by atoms with Gasteiger partial charge in [-0.15, -0.1) is 0 Å². The van der Waals surface area contributed by atoms with Gasteiger partial charge in [-0.2, -0.15) is 18.2 Å². The average molecular weight is 469 g/mol. The van der Waals surface area contributed by atoms with Crippen LogP contribution in [-0.2, 0) is 11.0 Å². The van der Waals surface area contributed by atoms with Gasteiger partial charge in [-0.05, 0) is 29.7 Å². The van der Waals surface area contributed by atoms with Crippen molar-refractivity contribution in [3.63, 3.8) is 0 Å². The largest absolute Gasteiger partial charge is 0.481 e. The van der Waals surface area contributed by atoms with Crippen molar-refractivity contribution >= 4 is 23.2 Å². The van der Waals surface area contributed by atoms with E-state index < -0.39 is 29.4 Å². The monoisotopic (exact) mass is 468 g/mol. The van der Waals surface area contributed by atoms with Crippen LogP contribution in [0.2, 0.25) is 5.02 Å². The molecule has 0 spiro atoms. The van der Waals surface area contributed by atoms with E-state index in [4.69, 9.17) is 21.2 Å². The Bertz CT molecular complexity index is 1330. The van der Waals surface area contributed by atoms with Gasteiger partial charge in [-0.25, -0.2) is 9.37 Å². The Morgan fingerprint density at radius 2 is 2.00 bits per heavy atom. The molecule has 0 aliphatic carbocycles. The number of alkyl halides is 3. The topological polar surface area (TPSA) is 93.5 Å². The molecule has 3 aromatic heterocycles. The lowest BCUT2D eigenvalue weighted by Gasteiger charge is -2.10. The van der Waals surface area contributed by atoms with Gasteiger partial charge >= 0.3 is 12.1 Å². The molecule has 1 atom stereocenters. The maximum Gasteiger partial charge on any atom is 0.417 e. The van der Waals surface area contributed by atoms with E-state index in [0.29, 0.717) is 5.56 Å². The SMILES string of the molecule is CC(CC(=O)O)c1ccc(-c2noc(-c3cn4cc(C(F)(F)F)cc(Cl)c4n3)n2)c(F)c1. The zero-order valence-corrected chi connectivity index (χ0v) is 16.9. The third-order valence-electron chi connectivity index (χ3n) is 4.76. The van der Waals surface area contributed by atoms with E-state index in [0.717, 1.165) is 16.7 Å². The Morgan fingerprint density at radius 1 is 1.25 bits per heavy atom. The number of carbonyl (C=O) groups is 1. The number of carboxylic acids is 1. The summed E-state index contributed by atoms with van der Waals surface area (Å²) in [5.74, 6) is -2.33. The predicted molar refractivity (Wildman–Crippen MR) is 105 cm³/mol. The highest BCUT2D eigenvalue weighted by Crippen LogP contribution is 2.33. The Hall–Kier alpha value is -3.47. The zero-order chi connectivity index (χ0) is 23.2. The first kappa shape index (κ1) is 21.8. The van der Waals surface area contributed by atoms with Gasteiger partial charge in [0.15, 0.2) is 5.65 Å². The van der Waals surface area contributed by atoms with Gasteiger partial charge in [0.25, 0.3) is 5.89 Å². The second-order valence-electron chi connectivity index (χ2n) is 7.09. The van der Waals surface area contributed by atoms with Crippen LogP contribution in [0.15, 0.2) is 41.2 Å². The highest BCUT2D eigenvalue weighted by Gasteiger charge is 2.32.